The molecule has 3 aromatic rings. The second kappa shape index (κ2) is 13.6. The summed E-state index contributed by atoms with van der Waals surface area (Å²) in [6.07, 6.45) is -10.3. The van der Waals surface area contributed by atoms with Gasteiger partial charge < -0.3 is 20.1 Å². The molecule has 1 saturated carbocycles. The molecular formula is C30H30F6N4O5. The van der Waals surface area contributed by atoms with Gasteiger partial charge in [-0.3, -0.25) is 19.1 Å². The predicted octanol–water partition coefficient (Wildman–Crippen LogP) is 6.12. The molecular weight excluding hydrogens is 610 g/mol. The van der Waals surface area contributed by atoms with Crippen LogP contribution in [0.1, 0.15) is 60.6 Å². The van der Waals surface area contributed by atoms with Gasteiger partial charge in [0.25, 0.3) is 0 Å². The quantitative estimate of drug-likeness (QED) is 0.0951. The van der Waals surface area contributed by atoms with Crippen LogP contribution in [0.2, 0.25) is 0 Å². The van der Waals surface area contributed by atoms with Crippen LogP contribution in [0.25, 0.3) is 0 Å². The number of methoxy groups -OCH3 is 1. The number of hydrogen-bond donors (Lipinski definition) is 2. The van der Waals surface area contributed by atoms with Crippen molar-refractivity contribution in [3.8, 4) is 11.5 Å². The zero-order valence-corrected chi connectivity index (χ0v) is 24.0. The minimum absolute atomic E-state index is 0.0169. The number of amides is 2. The van der Waals surface area contributed by atoms with Crippen LogP contribution in [0.3, 0.4) is 0 Å². The smallest absolute Gasteiger partial charge is 0.416 e. The molecule has 1 aliphatic carbocycles. The number of ketones is 1. The summed E-state index contributed by atoms with van der Waals surface area (Å²) in [5, 5.41) is 8.40. The lowest BCUT2D eigenvalue weighted by Crippen LogP contribution is -2.57. The number of alkyl halides is 6. The summed E-state index contributed by atoms with van der Waals surface area (Å²) in [4.78, 5) is 38.8. The molecule has 45 heavy (non-hydrogen) atoms. The van der Waals surface area contributed by atoms with E-state index in [1.54, 1.807) is 0 Å². The van der Waals surface area contributed by atoms with E-state index in [-0.39, 0.29) is 36.2 Å². The van der Waals surface area contributed by atoms with Gasteiger partial charge in [-0.25, -0.2) is 0 Å². The maximum Gasteiger partial charge on any atom is 0.416 e. The van der Waals surface area contributed by atoms with E-state index >= 15 is 13.2 Å². The van der Waals surface area contributed by atoms with Crippen molar-refractivity contribution < 1.29 is 50.2 Å². The fraction of sp³-hybridized carbons (Fsp3) is 0.400. The zero-order valence-electron chi connectivity index (χ0n) is 24.0. The van der Waals surface area contributed by atoms with Crippen molar-refractivity contribution in [1.82, 2.24) is 15.1 Å². The standard InChI is InChI=1S/C30H30F6N4O5/c1-44-22-11-5-20(6-12-22)37-26(42)17-27(43)38-28(30(34,35)36,18-25(41)24-13-15-40(39-24)21-7-8-21)19-3-9-23(10-4-19)45-16-2-14-29(31,32)33/h3-6,9-13,15,21H,2,7-8,14,16-18H2,1H3,(H,37,42)(H,38,43)/t28-/m0/s1. The summed E-state index contributed by atoms with van der Waals surface area (Å²) in [6, 6.07) is 11.5. The molecule has 0 unspecified atom stereocenters. The number of carbonyl (C=O) groups is 3. The number of aromatic nitrogens is 2. The Labute approximate surface area is 253 Å². The molecule has 2 amide bonds. The number of halogens is 6. The first-order chi connectivity index (χ1) is 21.2. The van der Waals surface area contributed by atoms with Crippen LogP contribution in [-0.2, 0) is 15.1 Å². The fourth-order valence-electron chi connectivity index (χ4n) is 4.52. The van der Waals surface area contributed by atoms with Gasteiger partial charge in [0.2, 0.25) is 11.8 Å². The number of rotatable bonds is 14. The van der Waals surface area contributed by atoms with E-state index in [1.165, 1.54) is 48.3 Å². The second-order valence-electron chi connectivity index (χ2n) is 10.5. The van der Waals surface area contributed by atoms with Crippen LogP contribution < -0.4 is 20.1 Å². The number of carbonyl (C=O) groups excluding carboxylic acids is 3. The maximum atomic E-state index is 15.0. The summed E-state index contributed by atoms with van der Waals surface area (Å²) >= 11 is 0. The first kappa shape index (κ1) is 33.3. The average molecular weight is 641 g/mol. The van der Waals surface area contributed by atoms with Crippen LogP contribution in [0, 0.1) is 0 Å². The first-order valence-corrected chi connectivity index (χ1v) is 13.9. The first-order valence-electron chi connectivity index (χ1n) is 13.9. The Morgan fingerprint density at radius 1 is 0.911 bits per heavy atom. The number of Topliss-reactive ketones (excluding diaryl/α,β-unsaturated/α-hetero) is 1. The summed E-state index contributed by atoms with van der Waals surface area (Å²) in [5.74, 6) is -2.77. The van der Waals surface area contributed by atoms with E-state index in [9.17, 15) is 27.6 Å². The highest BCUT2D eigenvalue weighted by atomic mass is 19.4. The Kier molecular flexibility index (Phi) is 10.1. The molecule has 9 nitrogen and oxygen atoms in total. The molecule has 2 aromatic carbocycles. The van der Waals surface area contributed by atoms with Crippen molar-refractivity contribution in [3.63, 3.8) is 0 Å². The van der Waals surface area contributed by atoms with Gasteiger partial charge in [-0.15, -0.1) is 0 Å². The van der Waals surface area contributed by atoms with Gasteiger partial charge in [0, 0.05) is 24.7 Å². The summed E-state index contributed by atoms with van der Waals surface area (Å²) in [6.45, 7) is -0.342. The largest absolute Gasteiger partial charge is 0.497 e. The third-order valence-electron chi connectivity index (χ3n) is 6.99. The van der Waals surface area contributed by atoms with Crippen molar-refractivity contribution in [2.75, 3.05) is 19.0 Å². The minimum atomic E-state index is -5.25. The topological polar surface area (TPSA) is 112 Å². The third-order valence-corrected chi connectivity index (χ3v) is 6.99. The number of anilines is 1. The van der Waals surface area contributed by atoms with E-state index in [1.807, 2.05) is 5.32 Å². The molecule has 1 aromatic heterocycles. The van der Waals surface area contributed by atoms with Crippen LogP contribution in [-0.4, -0.2) is 53.4 Å². The van der Waals surface area contributed by atoms with Gasteiger partial charge in [0.1, 0.15) is 23.6 Å². The highest BCUT2D eigenvalue weighted by Crippen LogP contribution is 2.43. The van der Waals surface area contributed by atoms with E-state index in [0.717, 1.165) is 37.1 Å². The maximum absolute atomic E-state index is 15.0. The van der Waals surface area contributed by atoms with Crippen LogP contribution in [0.5, 0.6) is 11.5 Å². The molecule has 0 radical (unpaired) electrons. The summed E-state index contributed by atoms with van der Waals surface area (Å²) in [7, 11) is 1.44. The lowest BCUT2D eigenvalue weighted by Gasteiger charge is -2.36. The molecule has 0 aliphatic heterocycles. The molecule has 1 heterocycles. The number of nitrogens with zero attached hydrogens (tertiary/aromatic N) is 2. The van der Waals surface area contributed by atoms with Crippen LogP contribution in [0.15, 0.2) is 60.8 Å². The van der Waals surface area contributed by atoms with Crippen molar-refractivity contribution in [2.45, 2.75) is 62.5 Å². The SMILES string of the molecule is COc1ccc(NC(=O)CC(=O)N[C@@](CC(=O)c2ccn(C3CC3)n2)(c2ccc(OCCCC(F)(F)F)cc2)C(F)(F)F)cc1. The number of benzene rings is 2. The van der Waals surface area contributed by atoms with Gasteiger partial charge in [0.05, 0.1) is 19.8 Å². The molecule has 1 aliphatic rings. The monoisotopic (exact) mass is 640 g/mol. The molecule has 0 spiro atoms. The Bertz CT molecular complexity index is 1480. The van der Waals surface area contributed by atoms with Crippen molar-refractivity contribution in [3.05, 3.63) is 72.1 Å². The lowest BCUT2D eigenvalue weighted by atomic mass is 9.83. The third kappa shape index (κ3) is 8.99. The average Bonchev–Trinajstić information content (AvgIpc) is 3.70. The molecule has 0 bridgehead atoms. The number of nitrogens with one attached hydrogen (secondary N) is 2. The van der Waals surface area contributed by atoms with E-state index < -0.39 is 60.3 Å². The van der Waals surface area contributed by atoms with E-state index in [2.05, 4.69) is 10.4 Å². The summed E-state index contributed by atoms with van der Waals surface area (Å²) < 4.78 is 94.0. The minimum Gasteiger partial charge on any atom is -0.497 e. The van der Waals surface area contributed by atoms with Crippen LogP contribution in [0.4, 0.5) is 32.0 Å². The fourth-order valence-corrected chi connectivity index (χ4v) is 4.52. The predicted molar refractivity (Wildman–Crippen MR) is 149 cm³/mol. The molecule has 15 heteroatoms. The van der Waals surface area contributed by atoms with Crippen molar-refractivity contribution in [2.24, 2.45) is 0 Å². The van der Waals surface area contributed by atoms with Gasteiger partial charge in [0.15, 0.2) is 11.3 Å². The Morgan fingerprint density at radius 2 is 1.56 bits per heavy atom. The lowest BCUT2D eigenvalue weighted by molar-refractivity contribution is -0.202. The number of hydrogen-bond acceptors (Lipinski definition) is 6. The molecule has 4 rings (SSSR count). The highest BCUT2D eigenvalue weighted by Gasteiger charge is 2.58. The molecule has 2 N–H and O–H groups in total. The number of ether oxygens (including phenoxy) is 2. The summed E-state index contributed by atoms with van der Waals surface area (Å²) in [5.41, 5.74) is -3.81. The molecule has 1 fully saturated rings. The van der Waals surface area contributed by atoms with Gasteiger partial charge in [-0.05, 0) is 67.3 Å². The van der Waals surface area contributed by atoms with Crippen LogP contribution >= 0.6 is 0 Å². The zero-order chi connectivity index (χ0) is 32.8. The highest BCUT2D eigenvalue weighted by molar-refractivity contribution is 6.04. The normalized spacial score (nSPS) is 14.7. The van der Waals surface area contributed by atoms with E-state index in [0.29, 0.717) is 5.75 Å². The molecule has 0 saturated heterocycles. The van der Waals surface area contributed by atoms with Gasteiger partial charge in [-0.2, -0.15) is 31.4 Å². The second-order valence-corrected chi connectivity index (χ2v) is 10.5. The molecule has 242 valence electrons. The Hall–Kier alpha value is -4.56. The van der Waals surface area contributed by atoms with Crippen molar-refractivity contribution >= 4 is 23.3 Å². The molecule has 1 atom stereocenters. The van der Waals surface area contributed by atoms with Crippen molar-refractivity contribution in [1.29, 1.82) is 0 Å². The Morgan fingerprint density at radius 3 is 2.13 bits per heavy atom. The Balaban J connectivity index is 1.56. The van der Waals surface area contributed by atoms with E-state index in [4.69, 9.17) is 9.47 Å². The van der Waals surface area contributed by atoms with Gasteiger partial charge >= 0.3 is 12.4 Å². The van der Waals surface area contributed by atoms with Gasteiger partial charge in [-0.1, -0.05) is 12.1 Å².